The summed E-state index contributed by atoms with van der Waals surface area (Å²) in [6.07, 6.45) is 0.532. The summed E-state index contributed by atoms with van der Waals surface area (Å²) in [7, 11) is 1.57. The van der Waals surface area contributed by atoms with E-state index in [9.17, 15) is 9.59 Å². The van der Waals surface area contributed by atoms with Crippen LogP contribution in [0, 0.1) is 0 Å². The summed E-state index contributed by atoms with van der Waals surface area (Å²) in [5, 5.41) is 0. The van der Waals surface area contributed by atoms with Crippen molar-refractivity contribution in [2.24, 2.45) is 0 Å². The lowest BCUT2D eigenvalue weighted by atomic mass is 10.0. The van der Waals surface area contributed by atoms with Gasteiger partial charge in [-0.1, -0.05) is 0 Å². The Kier molecular flexibility index (Phi) is 4.69. The number of methoxy groups -OCH3 is 1. The van der Waals surface area contributed by atoms with Gasteiger partial charge >= 0.3 is 5.97 Å². The van der Waals surface area contributed by atoms with Crippen molar-refractivity contribution in [1.82, 2.24) is 0 Å². The number of ether oxygens (including phenoxy) is 2. The first-order chi connectivity index (χ1) is 8.04. The van der Waals surface area contributed by atoms with Gasteiger partial charge in [-0.05, 0) is 30.7 Å². The van der Waals surface area contributed by atoms with Crippen LogP contribution in [-0.4, -0.2) is 25.5 Å². The van der Waals surface area contributed by atoms with Gasteiger partial charge in [0.2, 0.25) is 0 Å². The molecule has 0 fully saturated rings. The smallest absolute Gasteiger partial charge is 0.302 e. The van der Waals surface area contributed by atoms with Gasteiger partial charge in [-0.2, -0.15) is 0 Å². The summed E-state index contributed by atoms with van der Waals surface area (Å²) < 4.78 is 10.1. The van der Waals surface area contributed by atoms with Crippen LogP contribution in [0.15, 0.2) is 18.2 Å². The highest BCUT2D eigenvalue weighted by atomic mass is 16.5. The highest BCUT2D eigenvalue weighted by Crippen LogP contribution is 2.20. The van der Waals surface area contributed by atoms with Crippen LogP contribution in [0.4, 0.5) is 0 Å². The number of carbonyl (C=O) groups excluding carboxylic acids is 2. The zero-order valence-corrected chi connectivity index (χ0v) is 10.3. The van der Waals surface area contributed by atoms with Crippen LogP contribution in [0.2, 0.25) is 0 Å². The quantitative estimate of drug-likeness (QED) is 0.579. The maximum Gasteiger partial charge on any atom is 0.302 e. The first-order valence-electron chi connectivity index (χ1n) is 5.36. The Bertz CT molecular complexity index is 423. The van der Waals surface area contributed by atoms with E-state index in [1.54, 1.807) is 25.3 Å². The number of carbonyl (C=O) groups is 2. The summed E-state index contributed by atoms with van der Waals surface area (Å²) in [6, 6.07) is 5.24. The topological polar surface area (TPSA) is 52.6 Å². The molecule has 0 aliphatic carbocycles. The molecule has 4 heteroatoms. The number of esters is 1. The summed E-state index contributed by atoms with van der Waals surface area (Å²) in [6.45, 7) is 3.16. The zero-order valence-electron chi connectivity index (χ0n) is 10.3. The summed E-state index contributed by atoms with van der Waals surface area (Å²) in [4.78, 5) is 21.9. The Balaban J connectivity index is 2.82. The predicted molar refractivity (Wildman–Crippen MR) is 63.3 cm³/mol. The van der Waals surface area contributed by atoms with Crippen molar-refractivity contribution >= 4 is 11.8 Å². The van der Waals surface area contributed by atoms with Crippen molar-refractivity contribution in [3.05, 3.63) is 29.3 Å². The Morgan fingerprint density at radius 1 is 1.24 bits per heavy atom. The van der Waals surface area contributed by atoms with E-state index in [2.05, 4.69) is 0 Å². The number of benzene rings is 1. The number of hydrogen-bond acceptors (Lipinski definition) is 4. The summed E-state index contributed by atoms with van der Waals surface area (Å²) in [5.74, 6) is 0.384. The monoisotopic (exact) mass is 236 g/mol. The highest BCUT2D eigenvalue weighted by Gasteiger charge is 2.07. The molecule has 17 heavy (non-hydrogen) atoms. The lowest BCUT2D eigenvalue weighted by Gasteiger charge is -2.09. The van der Waals surface area contributed by atoms with Crippen molar-refractivity contribution in [3.8, 4) is 5.75 Å². The van der Waals surface area contributed by atoms with Gasteiger partial charge in [-0.3, -0.25) is 9.59 Å². The van der Waals surface area contributed by atoms with Gasteiger partial charge in [-0.15, -0.1) is 0 Å². The molecule has 0 aliphatic rings. The fraction of sp³-hybridized carbons (Fsp3) is 0.385. The fourth-order valence-electron chi connectivity index (χ4n) is 1.50. The lowest BCUT2D eigenvalue weighted by Crippen LogP contribution is -2.05. The minimum atomic E-state index is -0.313. The molecular formula is C13H16O4. The van der Waals surface area contributed by atoms with Crippen molar-refractivity contribution in [2.45, 2.75) is 20.3 Å². The number of hydrogen-bond donors (Lipinski definition) is 0. The van der Waals surface area contributed by atoms with Crippen LogP contribution in [0.5, 0.6) is 5.75 Å². The molecule has 0 unspecified atom stereocenters. The number of Topliss-reactive ketones (excluding diaryl/α,β-unsaturated/α-hetero) is 1. The van der Waals surface area contributed by atoms with Crippen LogP contribution in [-0.2, 0) is 16.0 Å². The van der Waals surface area contributed by atoms with Crippen molar-refractivity contribution in [2.75, 3.05) is 13.7 Å². The van der Waals surface area contributed by atoms with Crippen LogP contribution in [0.1, 0.15) is 29.8 Å². The van der Waals surface area contributed by atoms with Crippen molar-refractivity contribution in [1.29, 1.82) is 0 Å². The second kappa shape index (κ2) is 6.03. The maximum absolute atomic E-state index is 11.3. The van der Waals surface area contributed by atoms with Crippen molar-refractivity contribution < 1.29 is 19.1 Å². The third kappa shape index (κ3) is 3.90. The molecule has 0 aromatic heterocycles. The third-order valence-electron chi connectivity index (χ3n) is 2.36. The SMILES string of the molecule is COc1ccc(C(C)=O)cc1CCOC(C)=O. The fourth-order valence-corrected chi connectivity index (χ4v) is 1.50. The molecule has 1 rings (SSSR count). The standard InChI is InChI=1S/C13H16O4/c1-9(14)11-4-5-13(16-3)12(8-11)6-7-17-10(2)15/h4-5,8H,6-7H2,1-3H3. The number of rotatable bonds is 5. The van der Waals surface area contributed by atoms with Crippen LogP contribution in [0.25, 0.3) is 0 Å². The van der Waals surface area contributed by atoms with Gasteiger partial charge in [-0.25, -0.2) is 0 Å². The van der Waals surface area contributed by atoms with E-state index in [1.165, 1.54) is 13.8 Å². The average Bonchev–Trinajstić information content (AvgIpc) is 2.28. The van der Waals surface area contributed by atoms with E-state index < -0.39 is 0 Å². The Labute approximate surface area is 101 Å². The van der Waals surface area contributed by atoms with E-state index in [0.29, 0.717) is 17.7 Å². The molecule has 0 heterocycles. The van der Waals surface area contributed by atoms with Crippen LogP contribution >= 0.6 is 0 Å². The normalized spacial score (nSPS) is 9.82. The van der Waals surface area contributed by atoms with Gasteiger partial charge in [0, 0.05) is 18.9 Å². The molecule has 1 aromatic carbocycles. The molecule has 0 saturated carbocycles. The predicted octanol–water partition coefficient (Wildman–Crippen LogP) is 2.00. The number of ketones is 1. The van der Waals surface area contributed by atoms with Crippen molar-refractivity contribution in [3.63, 3.8) is 0 Å². The van der Waals surface area contributed by atoms with E-state index >= 15 is 0 Å². The summed E-state index contributed by atoms with van der Waals surface area (Å²) >= 11 is 0. The average molecular weight is 236 g/mol. The molecular weight excluding hydrogens is 220 g/mol. The van der Waals surface area contributed by atoms with Crippen LogP contribution in [0.3, 0.4) is 0 Å². The second-order valence-electron chi connectivity index (χ2n) is 3.67. The van der Waals surface area contributed by atoms with E-state index in [4.69, 9.17) is 9.47 Å². The minimum absolute atomic E-state index is 0.00129. The van der Waals surface area contributed by atoms with Gasteiger partial charge in [0.1, 0.15) is 5.75 Å². The molecule has 1 aromatic rings. The lowest BCUT2D eigenvalue weighted by molar-refractivity contribution is -0.140. The molecule has 0 atom stereocenters. The molecule has 0 amide bonds. The van der Waals surface area contributed by atoms with E-state index in [0.717, 1.165) is 5.56 Å². The second-order valence-corrected chi connectivity index (χ2v) is 3.67. The molecule has 0 saturated heterocycles. The van der Waals surface area contributed by atoms with Gasteiger partial charge < -0.3 is 9.47 Å². The maximum atomic E-state index is 11.3. The Hall–Kier alpha value is -1.84. The Morgan fingerprint density at radius 2 is 1.94 bits per heavy atom. The first kappa shape index (κ1) is 13.2. The third-order valence-corrected chi connectivity index (χ3v) is 2.36. The molecule has 0 N–H and O–H groups in total. The minimum Gasteiger partial charge on any atom is -0.496 e. The van der Waals surface area contributed by atoms with Gasteiger partial charge in [0.25, 0.3) is 0 Å². The molecule has 0 bridgehead atoms. The molecule has 0 spiro atoms. The largest absolute Gasteiger partial charge is 0.496 e. The van der Waals surface area contributed by atoms with Gasteiger partial charge in [0.05, 0.1) is 13.7 Å². The zero-order chi connectivity index (χ0) is 12.8. The highest BCUT2D eigenvalue weighted by molar-refractivity contribution is 5.94. The van der Waals surface area contributed by atoms with E-state index in [1.807, 2.05) is 0 Å². The van der Waals surface area contributed by atoms with Gasteiger partial charge in [0.15, 0.2) is 5.78 Å². The van der Waals surface area contributed by atoms with Crippen LogP contribution < -0.4 is 4.74 Å². The molecule has 92 valence electrons. The first-order valence-corrected chi connectivity index (χ1v) is 5.36. The van der Waals surface area contributed by atoms with E-state index in [-0.39, 0.29) is 18.4 Å². The molecule has 0 aliphatic heterocycles. The molecule has 0 radical (unpaired) electrons. The summed E-state index contributed by atoms with van der Waals surface area (Å²) in [5.41, 5.74) is 1.49. The molecule has 4 nitrogen and oxygen atoms in total. The Morgan fingerprint density at radius 3 is 2.47 bits per heavy atom.